The first kappa shape index (κ1) is 17.5. The van der Waals surface area contributed by atoms with Crippen LogP contribution >= 0.6 is 12.4 Å². The van der Waals surface area contributed by atoms with Gasteiger partial charge in [0.2, 0.25) is 5.91 Å². The molecule has 6 nitrogen and oxygen atoms in total. The van der Waals surface area contributed by atoms with Crippen LogP contribution in [0, 0.1) is 5.92 Å². The number of halogens is 1. The summed E-state index contributed by atoms with van der Waals surface area (Å²) in [7, 11) is 0. The fraction of sp³-hybridized carbons (Fsp3) is 0.571. The summed E-state index contributed by atoms with van der Waals surface area (Å²) >= 11 is 0. The number of carbonyl (C=O) groups is 2. The van der Waals surface area contributed by atoms with Crippen molar-refractivity contribution < 1.29 is 14.0 Å². The second-order valence-corrected chi connectivity index (χ2v) is 4.98. The zero-order chi connectivity index (χ0) is 14.2. The minimum Gasteiger partial charge on any atom is -0.459 e. The summed E-state index contributed by atoms with van der Waals surface area (Å²) in [5.41, 5.74) is 0. The van der Waals surface area contributed by atoms with Crippen molar-refractivity contribution in [2.75, 3.05) is 26.2 Å². The van der Waals surface area contributed by atoms with E-state index < -0.39 is 0 Å². The third-order valence-electron chi connectivity index (χ3n) is 3.42. The zero-order valence-corrected chi connectivity index (χ0v) is 12.7. The van der Waals surface area contributed by atoms with E-state index in [1.165, 1.54) is 6.26 Å². The van der Waals surface area contributed by atoms with Crippen molar-refractivity contribution in [3.05, 3.63) is 24.2 Å². The molecule has 1 unspecified atom stereocenters. The smallest absolute Gasteiger partial charge is 0.287 e. The molecule has 1 atom stereocenters. The quantitative estimate of drug-likeness (QED) is 0.654. The van der Waals surface area contributed by atoms with Gasteiger partial charge in [-0.25, -0.2) is 0 Å². The van der Waals surface area contributed by atoms with Crippen molar-refractivity contribution in [1.29, 1.82) is 0 Å². The Labute approximate surface area is 130 Å². The molecule has 1 saturated heterocycles. The normalized spacial score (nSPS) is 17.0. The van der Waals surface area contributed by atoms with Gasteiger partial charge in [-0.15, -0.1) is 12.4 Å². The van der Waals surface area contributed by atoms with Gasteiger partial charge < -0.3 is 20.4 Å². The number of nitrogens with one attached hydrogen (secondary N) is 3. The number of hydrogen-bond acceptors (Lipinski definition) is 4. The zero-order valence-electron chi connectivity index (χ0n) is 11.9. The maximum atomic E-state index is 11.6. The molecule has 21 heavy (non-hydrogen) atoms. The fourth-order valence-corrected chi connectivity index (χ4v) is 2.26. The molecule has 3 N–H and O–H groups in total. The van der Waals surface area contributed by atoms with Crippen LogP contribution in [-0.2, 0) is 4.79 Å². The third-order valence-corrected chi connectivity index (χ3v) is 3.42. The molecular formula is C14H22ClN3O3. The van der Waals surface area contributed by atoms with Gasteiger partial charge in [0.1, 0.15) is 0 Å². The Morgan fingerprint density at radius 2 is 2.14 bits per heavy atom. The minimum atomic E-state index is -0.263. The number of rotatable bonds is 7. The first-order valence-electron chi connectivity index (χ1n) is 7.05. The number of carbonyl (C=O) groups excluding carboxylic acids is 2. The number of amides is 2. The highest BCUT2D eigenvalue weighted by Gasteiger charge is 2.15. The Hall–Kier alpha value is -1.53. The Morgan fingerprint density at radius 1 is 1.33 bits per heavy atom. The molecule has 1 fully saturated rings. The van der Waals surface area contributed by atoms with Gasteiger partial charge in [0.25, 0.3) is 5.91 Å². The summed E-state index contributed by atoms with van der Waals surface area (Å²) < 4.78 is 4.96. The van der Waals surface area contributed by atoms with E-state index in [4.69, 9.17) is 4.42 Å². The lowest BCUT2D eigenvalue weighted by atomic mass is 10.0. The van der Waals surface area contributed by atoms with Gasteiger partial charge in [0, 0.05) is 19.5 Å². The molecule has 1 aliphatic heterocycles. The van der Waals surface area contributed by atoms with Crippen molar-refractivity contribution >= 4 is 24.2 Å². The predicted octanol–water partition coefficient (Wildman–Crippen LogP) is 0.937. The molecule has 0 saturated carbocycles. The van der Waals surface area contributed by atoms with Crippen molar-refractivity contribution in [2.24, 2.45) is 5.92 Å². The molecule has 1 aliphatic rings. The van der Waals surface area contributed by atoms with E-state index in [0.29, 0.717) is 25.4 Å². The molecule has 0 aromatic carbocycles. The highest BCUT2D eigenvalue weighted by atomic mass is 35.5. The van der Waals surface area contributed by atoms with Crippen LogP contribution in [-0.4, -0.2) is 38.0 Å². The van der Waals surface area contributed by atoms with Crippen LogP contribution in [0.3, 0.4) is 0 Å². The molecule has 7 heteroatoms. The Morgan fingerprint density at radius 3 is 2.81 bits per heavy atom. The van der Waals surface area contributed by atoms with Crippen LogP contribution in [0.2, 0.25) is 0 Å². The average molecular weight is 316 g/mol. The lowest BCUT2D eigenvalue weighted by Gasteiger charge is -2.09. The summed E-state index contributed by atoms with van der Waals surface area (Å²) in [6.45, 7) is 2.92. The molecule has 0 bridgehead atoms. The van der Waals surface area contributed by atoms with Crippen molar-refractivity contribution in [1.82, 2.24) is 16.0 Å². The Kier molecular flexibility index (Phi) is 7.85. The molecule has 118 valence electrons. The van der Waals surface area contributed by atoms with Crippen LogP contribution in [0.25, 0.3) is 0 Å². The van der Waals surface area contributed by atoms with E-state index in [2.05, 4.69) is 16.0 Å². The molecule has 0 spiro atoms. The molecule has 0 radical (unpaired) electrons. The van der Waals surface area contributed by atoms with Crippen LogP contribution in [0.15, 0.2) is 22.8 Å². The number of hydrogen-bond donors (Lipinski definition) is 3. The predicted molar refractivity (Wildman–Crippen MR) is 81.5 cm³/mol. The first-order chi connectivity index (χ1) is 9.75. The second kappa shape index (κ2) is 9.41. The molecule has 1 aromatic heterocycles. The molecule has 1 aromatic rings. The van der Waals surface area contributed by atoms with Crippen LogP contribution in [0.4, 0.5) is 0 Å². The van der Waals surface area contributed by atoms with Crippen LogP contribution < -0.4 is 16.0 Å². The summed E-state index contributed by atoms with van der Waals surface area (Å²) in [6, 6.07) is 3.26. The Balaban J connectivity index is 0.00000220. The summed E-state index contributed by atoms with van der Waals surface area (Å²) in [4.78, 5) is 23.1. The molecule has 2 rings (SSSR count). The summed E-state index contributed by atoms with van der Waals surface area (Å²) in [6.07, 6.45) is 4.09. The lowest BCUT2D eigenvalue weighted by Crippen LogP contribution is -2.34. The maximum absolute atomic E-state index is 11.6. The first-order valence-corrected chi connectivity index (χ1v) is 7.05. The topological polar surface area (TPSA) is 83.4 Å². The molecule has 2 heterocycles. The van der Waals surface area contributed by atoms with Gasteiger partial charge in [0.05, 0.1) is 6.26 Å². The van der Waals surface area contributed by atoms with Crippen LogP contribution in [0.5, 0.6) is 0 Å². The van der Waals surface area contributed by atoms with E-state index in [9.17, 15) is 9.59 Å². The Bertz CT molecular complexity index is 431. The molecular weight excluding hydrogens is 294 g/mol. The van der Waals surface area contributed by atoms with E-state index in [-0.39, 0.29) is 30.0 Å². The van der Waals surface area contributed by atoms with Gasteiger partial charge in [-0.3, -0.25) is 9.59 Å². The summed E-state index contributed by atoms with van der Waals surface area (Å²) in [5.74, 6) is 0.690. The molecule has 2 amide bonds. The third kappa shape index (κ3) is 6.18. The monoisotopic (exact) mass is 315 g/mol. The maximum Gasteiger partial charge on any atom is 0.287 e. The minimum absolute atomic E-state index is 0. The standard InChI is InChI=1S/C14H21N3O3.ClH/c18-13(4-3-11-5-6-15-10-11)16-7-8-17-14(19)12-2-1-9-20-12;/h1-2,9,11,15H,3-8,10H2,(H,16,18)(H,17,19);1H. The van der Waals surface area contributed by atoms with E-state index >= 15 is 0 Å². The lowest BCUT2D eigenvalue weighted by molar-refractivity contribution is -0.121. The largest absolute Gasteiger partial charge is 0.459 e. The van der Waals surface area contributed by atoms with Gasteiger partial charge in [-0.2, -0.15) is 0 Å². The second-order valence-electron chi connectivity index (χ2n) is 4.98. The average Bonchev–Trinajstić information content (AvgIpc) is 3.13. The van der Waals surface area contributed by atoms with Gasteiger partial charge >= 0.3 is 0 Å². The van der Waals surface area contributed by atoms with Crippen molar-refractivity contribution in [3.8, 4) is 0 Å². The van der Waals surface area contributed by atoms with Gasteiger partial charge in [-0.1, -0.05) is 0 Å². The molecule has 0 aliphatic carbocycles. The van der Waals surface area contributed by atoms with Gasteiger partial charge in [-0.05, 0) is 44.0 Å². The van der Waals surface area contributed by atoms with E-state index in [1.807, 2.05) is 0 Å². The van der Waals surface area contributed by atoms with Gasteiger partial charge in [0.15, 0.2) is 5.76 Å². The number of furan rings is 1. The summed E-state index contributed by atoms with van der Waals surface area (Å²) in [5, 5.41) is 8.77. The SMILES string of the molecule is Cl.O=C(CCC1CCNC1)NCCNC(=O)c1ccco1. The van der Waals surface area contributed by atoms with E-state index in [0.717, 1.165) is 25.9 Å². The van der Waals surface area contributed by atoms with E-state index in [1.54, 1.807) is 12.1 Å². The highest BCUT2D eigenvalue weighted by Crippen LogP contribution is 2.13. The fourth-order valence-electron chi connectivity index (χ4n) is 2.26. The van der Waals surface area contributed by atoms with Crippen molar-refractivity contribution in [2.45, 2.75) is 19.3 Å². The highest BCUT2D eigenvalue weighted by molar-refractivity contribution is 5.91. The van der Waals surface area contributed by atoms with Crippen LogP contribution in [0.1, 0.15) is 29.8 Å². The van der Waals surface area contributed by atoms with Crippen molar-refractivity contribution in [3.63, 3.8) is 0 Å².